The molecule has 6 nitrogen and oxygen atoms in total. The van der Waals surface area contributed by atoms with Crippen LogP contribution in [-0.4, -0.2) is 42.9 Å². The first-order valence-corrected chi connectivity index (χ1v) is 10.5. The number of hydrogen-bond acceptors (Lipinski definition) is 4. The maximum Gasteiger partial charge on any atom is 0.308 e. The van der Waals surface area contributed by atoms with Crippen LogP contribution in [0.2, 0.25) is 0 Å². The smallest absolute Gasteiger partial charge is 0.308 e. The van der Waals surface area contributed by atoms with E-state index >= 15 is 0 Å². The molecule has 2 aromatic carbocycles. The van der Waals surface area contributed by atoms with E-state index in [9.17, 15) is 8.42 Å². The van der Waals surface area contributed by atoms with Gasteiger partial charge in [-0.05, 0) is 17.5 Å². The van der Waals surface area contributed by atoms with Crippen molar-refractivity contribution in [2.45, 2.75) is 18.9 Å². The van der Waals surface area contributed by atoms with Crippen LogP contribution in [0.3, 0.4) is 0 Å². The van der Waals surface area contributed by atoms with Crippen LogP contribution in [0.1, 0.15) is 28.7 Å². The second-order valence-corrected chi connectivity index (χ2v) is 8.66. The molecule has 148 valence electrons. The molecular formula is C21H25N3O3S. The number of nitrogens with zero attached hydrogens (tertiary/aromatic N) is 3. The third-order valence-electron chi connectivity index (χ3n) is 4.59. The van der Waals surface area contributed by atoms with Crippen LogP contribution in [0.5, 0.6) is 0 Å². The van der Waals surface area contributed by atoms with Gasteiger partial charge < -0.3 is 4.74 Å². The van der Waals surface area contributed by atoms with Crippen LogP contribution >= 0.6 is 0 Å². The number of rotatable bonds is 8. The number of aryl methyl sites for hydroxylation is 2. The summed E-state index contributed by atoms with van der Waals surface area (Å²) in [5.74, 6) is 0.491. The fourth-order valence-electron chi connectivity index (χ4n) is 3.12. The Kier molecular flexibility index (Phi) is 6.28. The molecule has 0 aliphatic heterocycles. The lowest BCUT2D eigenvalue weighted by Crippen LogP contribution is -2.32. The van der Waals surface area contributed by atoms with E-state index < -0.39 is 16.3 Å². The van der Waals surface area contributed by atoms with Gasteiger partial charge in [0, 0.05) is 27.6 Å². The summed E-state index contributed by atoms with van der Waals surface area (Å²) in [6, 6.07) is 19.5. The van der Waals surface area contributed by atoms with Gasteiger partial charge in [-0.2, -0.15) is 12.7 Å². The van der Waals surface area contributed by atoms with Gasteiger partial charge in [0.2, 0.25) is 0 Å². The lowest BCUT2D eigenvalue weighted by atomic mass is 10.1. The van der Waals surface area contributed by atoms with Gasteiger partial charge in [-0.3, -0.25) is 0 Å². The summed E-state index contributed by atoms with van der Waals surface area (Å²) in [5.41, 5.74) is 2.49. The zero-order chi connectivity index (χ0) is 20.1. The molecule has 0 saturated carbocycles. The summed E-state index contributed by atoms with van der Waals surface area (Å²) in [6.07, 6.45) is 2.27. The van der Waals surface area contributed by atoms with E-state index in [-0.39, 0.29) is 0 Å². The zero-order valence-corrected chi connectivity index (χ0v) is 17.1. The largest absolute Gasteiger partial charge is 0.370 e. The predicted molar refractivity (Wildman–Crippen MR) is 109 cm³/mol. The number of aromatic nitrogens is 2. The van der Waals surface area contributed by atoms with Crippen LogP contribution in [0.4, 0.5) is 0 Å². The summed E-state index contributed by atoms with van der Waals surface area (Å²) in [4.78, 5) is 4.45. The number of methoxy groups -OCH3 is 1. The van der Waals surface area contributed by atoms with E-state index in [2.05, 4.69) is 4.98 Å². The Labute approximate surface area is 166 Å². The molecule has 0 aliphatic carbocycles. The second-order valence-electron chi connectivity index (χ2n) is 6.67. The molecule has 1 unspecified atom stereocenters. The molecule has 3 rings (SSSR count). The van der Waals surface area contributed by atoms with Crippen LogP contribution in [0.25, 0.3) is 0 Å². The minimum Gasteiger partial charge on any atom is -0.370 e. The summed E-state index contributed by atoms with van der Waals surface area (Å²) >= 11 is 0. The third kappa shape index (κ3) is 4.16. The average molecular weight is 400 g/mol. The Morgan fingerprint density at radius 1 is 1.00 bits per heavy atom. The normalized spacial score (nSPS) is 13.0. The monoisotopic (exact) mass is 399 g/mol. The second kappa shape index (κ2) is 8.68. The zero-order valence-electron chi connectivity index (χ0n) is 16.3. The first-order chi connectivity index (χ1) is 13.4. The van der Waals surface area contributed by atoms with Gasteiger partial charge in [-0.1, -0.05) is 60.7 Å². The van der Waals surface area contributed by atoms with Crippen molar-refractivity contribution in [3.05, 3.63) is 89.5 Å². The summed E-state index contributed by atoms with van der Waals surface area (Å²) in [7, 11) is 0.852. The maximum atomic E-state index is 13.1. The van der Waals surface area contributed by atoms with Crippen molar-refractivity contribution in [3.8, 4) is 0 Å². The van der Waals surface area contributed by atoms with Crippen molar-refractivity contribution in [1.82, 2.24) is 13.3 Å². The van der Waals surface area contributed by atoms with Crippen LogP contribution in [0, 0.1) is 0 Å². The molecule has 7 heteroatoms. The van der Waals surface area contributed by atoms with E-state index in [1.54, 1.807) is 13.3 Å². The van der Waals surface area contributed by atoms with Crippen molar-refractivity contribution in [1.29, 1.82) is 0 Å². The molecule has 28 heavy (non-hydrogen) atoms. The molecule has 0 amide bonds. The van der Waals surface area contributed by atoms with Gasteiger partial charge >= 0.3 is 10.2 Å². The highest BCUT2D eigenvalue weighted by Gasteiger charge is 2.29. The SMILES string of the molecule is COC(c1ccccc1)c1cnc(CCc2ccccc2)n1S(=O)(=O)N(C)C. The summed E-state index contributed by atoms with van der Waals surface area (Å²) < 4.78 is 34.4. The molecule has 0 radical (unpaired) electrons. The highest BCUT2D eigenvalue weighted by atomic mass is 32.2. The Balaban J connectivity index is 2.04. The Morgan fingerprint density at radius 3 is 2.18 bits per heavy atom. The molecule has 1 atom stereocenters. The van der Waals surface area contributed by atoms with E-state index in [1.807, 2.05) is 60.7 Å². The minimum absolute atomic E-state index is 0.491. The van der Waals surface area contributed by atoms with Gasteiger partial charge in [0.1, 0.15) is 11.9 Å². The van der Waals surface area contributed by atoms with Gasteiger partial charge in [0.15, 0.2) is 0 Å². The Bertz CT molecular complexity index is 1000. The molecule has 0 N–H and O–H groups in total. The fraction of sp³-hybridized carbons (Fsp3) is 0.286. The highest BCUT2D eigenvalue weighted by molar-refractivity contribution is 7.87. The van der Waals surface area contributed by atoms with Crippen LogP contribution in [0.15, 0.2) is 66.9 Å². The fourth-order valence-corrected chi connectivity index (χ4v) is 4.26. The lowest BCUT2D eigenvalue weighted by molar-refractivity contribution is 0.132. The van der Waals surface area contributed by atoms with Crippen molar-refractivity contribution in [3.63, 3.8) is 0 Å². The number of imidazole rings is 1. The molecule has 1 heterocycles. The molecule has 1 aromatic heterocycles. The number of benzene rings is 2. The third-order valence-corrected chi connectivity index (χ3v) is 6.40. The van der Waals surface area contributed by atoms with Gasteiger partial charge in [0.25, 0.3) is 0 Å². The first-order valence-electron chi connectivity index (χ1n) is 9.06. The molecule has 3 aromatic rings. The van der Waals surface area contributed by atoms with Crippen molar-refractivity contribution in [2.24, 2.45) is 0 Å². The van der Waals surface area contributed by atoms with Crippen LogP contribution < -0.4 is 0 Å². The van der Waals surface area contributed by atoms with E-state index in [4.69, 9.17) is 4.74 Å². The highest BCUT2D eigenvalue weighted by Crippen LogP contribution is 2.28. The van der Waals surface area contributed by atoms with Gasteiger partial charge in [-0.25, -0.2) is 8.96 Å². The topological polar surface area (TPSA) is 64.4 Å². The van der Waals surface area contributed by atoms with E-state index in [0.717, 1.165) is 11.1 Å². The maximum absolute atomic E-state index is 13.1. The molecule has 0 fully saturated rings. The molecule has 0 aliphatic rings. The predicted octanol–water partition coefficient (Wildman–Crippen LogP) is 3.06. The van der Waals surface area contributed by atoms with Crippen molar-refractivity contribution < 1.29 is 13.2 Å². The first kappa shape index (κ1) is 20.3. The molecular weight excluding hydrogens is 374 g/mol. The Morgan fingerprint density at radius 2 is 1.61 bits per heavy atom. The molecule has 0 bridgehead atoms. The lowest BCUT2D eigenvalue weighted by Gasteiger charge is -2.21. The van der Waals surface area contributed by atoms with Crippen molar-refractivity contribution >= 4 is 10.2 Å². The quantitative estimate of drug-likeness (QED) is 0.584. The minimum atomic E-state index is -3.75. The molecule has 0 spiro atoms. The standard InChI is InChI=1S/C21H25N3O3S/c1-23(2)28(25,26)24-19(21(27-3)18-12-8-5-9-13-18)16-22-20(24)15-14-17-10-6-4-7-11-17/h4-13,16,21H,14-15H2,1-3H3. The van der Waals surface area contributed by atoms with E-state index in [0.29, 0.717) is 24.4 Å². The molecule has 0 saturated heterocycles. The average Bonchev–Trinajstić information content (AvgIpc) is 3.13. The number of hydrogen-bond donors (Lipinski definition) is 0. The summed E-state index contributed by atoms with van der Waals surface area (Å²) in [5, 5.41) is 0. The van der Waals surface area contributed by atoms with Gasteiger partial charge in [0.05, 0.1) is 11.9 Å². The summed E-state index contributed by atoms with van der Waals surface area (Å²) in [6.45, 7) is 0. The Hall–Kier alpha value is -2.48. The van der Waals surface area contributed by atoms with Gasteiger partial charge in [-0.15, -0.1) is 0 Å². The number of ether oxygens (including phenoxy) is 1. The van der Waals surface area contributed by atoms with Crippen LogP contribution in [-0.2, 0) is 27.8 Å². The van der Waals surface area contributed by atoms with E-state index in [1.165, 1.54) is 22.4 Å². The van der Waals surface area contributed by atoms with Crippen molar-refractivity contribution in [2.75, 3.05) is 21.2 Å².